The van der Waals surface area contributed by atoms with Crippen LogP contribution in [0.2, 0.25) is 0 Å². The number of aliphatic hydroxyl groups is 1. The smallest absolute Gasteiger partial charge is 0.407 e. The van der Waals surface area contributed by atoms with Crippen LogP contribution in [0, 0.1) is 0 Å². The first-order valence-corrected chi connectivity index (χ1v) is 5.82. The van der Waals surface area contributed by atoms with E-state index < -0.39 is 0 Å². The Morgan fingerprint density at radius 2 is 1.93 bits per heavy atom. The second kappa shape index (κ2) is 11.3. The van der Waals surface area contributed by atoms with Gasteiger partial charge in [-0.25, -0.2) is 4.79 Å². The van der Waals surface area contributed by atoms with Gasteiger partial charge in [-0.15, -0.1) is 0 Å². The van der Waals surface area contributed by atoms with Gasteiger partial charge in [-0.1, -0.05) is 19.8 Å². The number of rotatable bonds is 9. The summed E-state index contributed by atoms with van der Waals surface area (Å²) >= 11 is 0. The molecule has 0 rings (SSSR count). The molecule has 0 spiro atoms. The first-order valence-electron chi connectivity index (χ1n) is 5.82. The second-order valence-electron chi connectivity index (χ2n) is 3.55. The number of aliphatic hydroxyl groups excluding tert-OH is 1. The predicted molar refractivity (Wildman–Crippen MR) is 59.8 cm³/mol. The molecule has 0 atom stereocenters. The number of hydrogen-bond acceptors (Lipinski definition) is 3. The van der Waals surface area contributed by atoms with Gasteiger partial charge in [-0.2, -0.15) is 0 Å². The summed E-state index contributed by atoms with van der Waals surface area (Å²) in [6, 6.07) is 0. The van der Waals surface area contributed by atoms with Crippen LogP contribution in [0.3, 0.4) is 0 Å². The van der Waals surface area contributed by atoms with Crippen molar-refractivity contribution in [3.05, 3.63) is 0 Å². The maximum atomic E-state index is 11.0. The number of alkyl carbamates (subject to hydrolysis) is 1. The Balaban J connectivity index is 3.10. The van der Waals surface area contributed by atoms with Crippen LogP contribution in [0.4, 0.5) is 4.79 Å². The van der Waals surface area contributed by atoms with Gasteiger partial charge in [-0.3, -0.25) is 0 Å². The van der Waals surface area contributed by atoms with Crippen LogP contribution in [-0.2, 0) is 4.74 Å². The highest BCUT2D eigenvalue weighted by molar-refractivity contribution is 5.66. The predicted octanol–water partition coefficient (Wildman–Crippen LogP) is 2.07. The van der Waals surface area contributed by atoms with E-state index in [0.29, 0.717) is 13.2 Å². The quantitative estimate of drug-likeness (QED) is 0.581. The molecule has 0 aliphatic heterocycles. The van der Waals surface area contributed by atoms with Gasteiger partial charge in [0.05, 0.1) is 6.61 Å². The van der Waals surface area contributed by atoms with Crippen molar-refractivity contribution in [1.29, 1.82) is 0 Å². The number of nitrogens with one attached hydrogen (secondary N) is 1. The van der Waals surface area contributed by atoms with Crippen molar-refractivity contribution in [3.63, 3.8) is 0 Å². The van der Waals surface area contributed by atoms with Gasteiger partial charge >= 0.3 is 6.09 Å². The molecule has 4 nitrogen and oxygen atoms in total. The van der Waals surface area contributed by atoms with Crippen molar-refractivity contribution in [3.8, 4) is 0 Å². The third kappa shape index (κ3) is 11.2. The fourth-order valence-corrected chi connectivity index (χ4v) is 1.15. The fraction of sp³-hybridized carbons (Fsp3) is 0.909. The lowest BCUT2D eigenvalue weighted by molar-refractivity contribution is 0.143. The van der Waals surface area contributed by atoms with E-state index in [9.17, 15) is 4.79 Å². The number of unbranched alkanes of at least 4 members (excludes halogenated alkanes) is 4. The molecular weight excluding hydrogens is 194 g/mol. The first-order chi connectivity index (χ1) is 7.31. The van der Waals surface area contributed by atoms with E-state index in [0.717, 1.165) is 38.5 Å². The lowest BCUT2D eigenvalue weighted by Gasteiger charge is -2.05. The van der Waals surface area contributed by atoms with Gasteiger partial charge in [0.2, 0.25) is 0 Å². The van der Waals surface area contributed by atoms with Gasteiger partial charge in [0, 0.05) is 13.2 Å². The maximum Gasteiger partial charge on any atom is 0.407 e. The van der Waals surface area contributed by atoms with Crippen molar-refractivity contribution in [2.24, 2.45) is 0 Å². The van der Waals surface area contributed by atoms with E-state index in [2.05, 4.69) is 12.2 Å². The molecule has 0 bridgehead atoms. The normalized spacial score (nSPS) is 10.0. The van der Waals surface area contributed by atoms with Crippen molar-refractivity contribution in [2.75, 3.05) is 19.8 Å². The Labute approximate surface area is 92.0 Å². The van der Waals surface area contributed by atoms with Gasteiger partial charge < -0.3 is 15.2 Å². The van der Waals surface area contributed by atoms with Crippen molar-refractivity contribution >= 4 is 6.09 Å². The topological polar surface area (TPSA) is 58.6 Å². The molecule has 0 fully saturated rings. The van der Waals surface area contributed by atoms with Crippen LogP contribution in [0.15, 0.2) is 0 Å². The summed E-state index contributed by atoms with van der Waals surface area (Å²) in [6.07, 6.45) is 5.46. The Morgan fingerprint density at radius 3 is 2.60 bits per heavy atom. The van der Waals surface area contributed by atoms with Gasteiger partial charge in [0.25, 0.3) is 0 Å². The van der Waals surface area contributed by atoms with Crippen molar-refractivity contribution < 1.29 is 14.6 Å². The standard InChI is InChI=1S/C11H23NO3/c1-2-3-8-12-11(14)15-10-7-5-4-6-9-13/h13H,2-10H2,1H3,(H,12,14). The Kier molecular flexibility index (Phi) is 10.7. The minimum Gasteiger partial charge on any atom is -0.450 e. The fourth-order valence-electron chi connectivity index (χ4n) is 1.15. The molecule has 0 saturated carbocycles. The van der Waals surface area contributed by atoms with Crippen LogP contribution in [0.1, 0.15) is 45.4 Å². The Hall–Kier alpha value is -0.770. The molecule has 0 aromatic carbocycles. The molecule has 0 aromatic heterocycles. The summed E-state index contributed by atoms with van der Waals surface area (Å²) in [7, 11) is 0. The number of ether oxygens (including phenoxy) is 1. The van der Waals surface area contributed by atoms with E-state index in [1.807, 2.05) is 0 Å². The number of carbonyl (C=O) groups is 1. The molecule has 0 radical (unpaired) electrons. The van der Waals surface area contributed by atoms with Crippen LogP contribution < -0.4 is 5.32 Å². The molecule has 15 heavy (non-hydrogen) atoms. The molecule has 1 amide bonds. The summed E-state index contributed by atoms with van der Waals surface area (Å²) in [5.74, 6) is 0. The maximum absolute atomic E-state index is 11.0. The molecule has 90 valence electrons. The molecule has 0 aliphatic rings. The van der Waals surface area contributed by atoms with Crippen molar-refractivity contribution in [1.82, 2.24) is 5.32 Å². The minimum absolute atomic E-state index is 0.248. The second-order valence-corrected chi connectivity index (χ2v) is 3.55. The molecule has 0 unspecified atom stereocenters. The highest BCUT2D eigenvalue weighted by atomic mass is 16.5. The molecule has 0 aliphatic carbocycles. The zero-order valence-electron chi connectivity index (χ0n) is 9.63. The summed E-state index contributed by atoms with van der Waals surface area (Å²) in [5.41, 5.74) is 0. The van der Waals surface area contributed by atoms with Crippen LogP contribution in [0.5, 0.6) is 0 Å². The van der Waals surface area contributed by atoms with Gasteiger partial charge in [-0.05, 0) is 25.7 Å². The van der Waals surface area contributed by atoms with Crippen molar-refractivity contribution in [2.45, 2.75) is 45.4 Å². The average Bonchev–Trinajstić information content (AvgIpc) is 2.23. The number of hydrogen-bond donors (Lipinski definition) is 2. The molecule has 0 saturated heterocycles. The van der Waals surface area contributed by atoms with Crippen LogP contribution in [-0.4, -0.2) is 31.0 Å². The van der Waals surface area contributed by atoms with E-state index >= 15 is 0 Å². The average molecular weight is 217 g/mol. The molecule has 2 N–H and O–H groups in total. The Bertz CT molecular complexity index is 151. The zero-order valence-corrected chi connectivity index (χ0v) is 9.63. The first kappa shape index (κ1) is 14.2. The molecule has 0 aromatic rings. The molecule has 4 heteroatoms. The van der Waals surface area contributed by atoms with E-state index in [1.54, 1.807) is 0 Å². The van der Waals surface area contributed by atoms with Gasteiger partial charge in [0.1, 0.15) is 0 Å². The summed E-state index contributed by atoms with van der Waals surface area (Å²) in [6.45, 7) is 3.50. The highest BCUT2D eigenvalue weighted by Gasteiger charge is 1.99. The lowest BCUT2D eigenvalue weighted by Crippen LogP contribution is -2.25. The van der Waals surface area contributed by atoms with E-state index in [-0.39, 0.29) is 12.7 Å². The van der Waals surface area contributed by atoms with Crippen LogP contribution >= 0.6 is 0 Å². The Morgan fingerprint density at radius 1 is 1.20 bits per heavy atom. The lowest BCUT2D eigenvalue weighted by atomic mass is 10.2. The SMILES string of the molecule is CCCCNC(=O)OCCCCCCO. The summed E-state index contributed by atoms with van der Waals surface area (Å²) in [5, 5.41) is 11.2. The third-order valence-electron chi connectivity index (χ3n) is 2.09. The molecule has 0 heterocycles. The highest BCUT2D eigenvalue weighted by Crippen LogP contribution is 1.99. The zero-order chi connectivity index (χ0) is 11.4. The number of amides is 1. The summed E-state index contributed by atoms with van der Waals surface area (Å²) < 4.78 is 4.96. The largest absolute Gasteiger partial charge is 0.450 e. The summed E-state index contributed by atoms with van der Waals surface area (Å²) in [4.78, 5) is 11.0. The minimum atomic E-state index is -0.314. The number of carbonyl (C=O) groups excluding carboxylic acids is 1. The third-order valence-corrected chi connectivity index (χ3v) is 2.09. The van der Waals surface area contributed by atoms with E-state index in [4.69, 9.17) is 9.84 Å². The van der Waals surface area contributed by atoms with Gasteiger partial charge in [0.15, 0.2) is 0 Å². The molecular formula is C11H23NO3. The monoisotopic (exact) mass is 217 g/mol. The van der Waals surface area contributed by atoms with E-state index in [1.165, 1.54) is 0 Å². The van der Waals surface area contributed by atoms with Crippen LogP contribution in [0.25, 0.3) is 0 Å².